The first-order chi connectivity index (χ1) is 16.9. The van der Waals surface area contributed by atoms with Crippen LogP contribution in [0.4, 0.5) is 0 Å². The quantitative estimate of drug-likeness (QED) is 0.433. The summed E-state index contributed by atoms with van der Waals surface area (Å²) in [5, 5.41) is 13.0. The molecule has 4 heterocycles. The van der Waals surface area contributed by atoms with Gasteiger partial charge in [0.2, 0.25) is 5.91 Å². The van der Waals surface area contributed by atoms with E-state index in [-0.39, 0.29) is 11.9 Å². The van der Waals surface area contributed by atoms with Crippen molar-refractivity contribution >= 4 is 23.0 Å². The maximum Gasteiger partial charge on any atom is 0.220 e. The van der Waals surface area contributed by atoms with E-state index in [1.54, 1.807) is 23.7 Å². The van der Waals surface area contributed by atoms with Gasteiger partial charge in [0.15, 0.2) is 5.82 Å². The third kappa shape index (κ3) is 4.53. The summed E-state index contributed by atoms with van der Waals surface area (Å²) in [4.78, 5) is 23.3. The minimum Gasteiger partial charge on any atom is -0.353 e. The van der Waals surface area contributed by atoms with Crippen LogP contribution in [0.25, 0.3) is 5.00 Å². The lowest BCUT2D eigenvalue weighted by Crippen LogP contribution is -2.29. The van der Waals surface area contributed by atoms with Crippen LogP contribution in [0.15, 0.2) is 53.8 Å². The molecule has 0 aliphatic carbocycles. The topological polar surface area (TPSA) is 85.1 Å². The predicted octanol–water partition coefficient (Wildman–Crippen LogP) is 4.60. The van der Waals surface area contributed by atoms with Gasteiger partial charge in [-0.15, -0.1) is 21.5 Å². The number of carbonyl (C=O) groups excluding carboxylic acids is 1. The van der Waals surface area contributed by atoms with Gasteiger partial charge in [-0.2, -0.15) is 0 Å². The molecule has 1 atom stereocenters. The van der Waals surface area contributed by atoms with Gasteiger partial charge in [-0.05, 0) is 51.3 Å². The maximum absolute atomic E-state index is 12.7. The fraction of sp³-hybridized carbons (Fsp3) is 0.296. The van der Waals surface area contributed by atoms with Gasteiger partial charge in [-0.1, -0.05) is 35.9 Å². The molecule has 8 heteroatoms. The number of fused-ring (bicyclic) bond motifs is 3. The summed E-state index contributed by atoms with van der Waals surface area (Å²) in [6.07, 6.45) is 4.57. The molecule has 1 unspecified atom stereocenters. The first kappa shape index (κ1) is 23.1. The van der Waals surface area contributed by atoms with Crippen molar-refractivity contribution in [1.82, 2.24) is 25.1 Å². The van der Waals surface area contributed by atoms with Gasteiger partial charge in [0.25, 0.3) is 0 Å². The van der Waals surface area contributed by atoms with Gasteiger partial charge in [-0.3, -0.25) is 19.3 Å². The van der Waals surface area contributed by atoms with Gasteiger partial charge in [0, 0.05) is 41.4 Å². The molecule has 0 saturated carbocycles. The van der Waals surface area contributed by atoms with Gasteiger partial charge < -0.3 is 5.32 Å². The van der Waals surface area contributed by atoms with E-state index >= 15 is 0 Å². The highest BCUT2D eigenvalue weighted by Crippen LogP contribution is 2.38. The summed E-state index contributed by atoms with van der Waals surface area (Å²) in [5.74, 6) is 1.55. The number of aromatic nitrogens is 4. The van der Waals surface area contributed by atoms with Crippen LogP contribution in [0, 0.1) is 27.7 Å². The third-order valence-electron chi connectivity index (χ3n) is 6.42. The normalized spacial score (nSPS) is 14.6. The number of thiophene rings is 1. The summed E-state index contributed by atoms with van der Waals surface area (Å²) in [6.45, 7) is 8.69. The van der Waals surface area contributed by atoms with Gasteiger partial charge in [0.1, 0.15) is 16.9 Å². The van der Waals surface area contributed by atoms with Crippen molar-refractivity contribution in [3.05, 3.63) is 93.1 Å². The van der Waals surface area contributed by atoms with Crippen LogP contribution < -0.4 is 5.32 Å². The number of aryl methyl sites for hydroxylation is 4. The first-order valence-corrected chi connectivity index (χ1v) is 12.6. The van der Waals surface area contributed by atoms with Gasteiger partial charge >= 0.3 is 0 Å². The van der Waals surface area contributed by atoms with E-state index in [1.807, 2.05) is 19.1 Å². The number of rotatable bonds is 6. The zero-order valence-electron chi connectivity index (χ0n) is 20.4. The standard InChI is InChI=1S/C27H28N6OS/c1-16-7-10-21(11-8-16)25-24-17(2)18(3)35-27(24)33-19(4)31-32-26(33)22(30-25)15-29-23(34)12-9-20-6-5-13-28-14-20/h5-8,10-11,13-14,22H,9,12,15H2,1-4H3,(H,29,34). The first-order valence-electron chi connectivity index (χ1n) is 11.8. The van der Waals surface area contributed by atoms with E-state index in [9.17, 15) is 4.79 Å². The highest BCUT2D eigenvalue weighted by molar-refractivity contribution is 7.15. The number of nitrogens with one attached hydrogen (secondary N) is 1. The number of amides is 1. The summed E-state index contributed by atoms with van der Waals surface area (Å²) in [7, 11) is 0. The Bertz CT molecular complexity index is 1400. The monoisotopic (exact) mass is 484 g/mol. The number of aliphatic imine (C=N–C) groups is 1. The molecule has 0 fully saturated rings. The molecule has 178 valence electrons. The van der Waals surface area contributed by atoms with E-state index in [0.29, 0.717) is 19.4 Å². The molecule has 3 aromatic heterocycles. The zero-order chi connectivity index (χ0) is 24.5. The summed E-state index contributed by atoms with van der Waals surface area (Å²) < 4.78 is 2.11. The summed E-state index contributed by atoms with van der Waals surface area (Å²) >= 11 is 1.73. The van der Waals surface area contributed by atoms with Crippen LogP contribution in [-0.2, 0) is 11.2 Å². The Morgan fingerprint density at radius 3 is 2.63 bits per heavy atom. The Morgan fingerprint density at radius 1 is 1.09 bits per heavy atom. The molecular formula is C27H28N6OS. The molecule has 5 rings (SSSR count). The lowest BCUT2D eigenvalue weighted by molar-refractivity contribution is -0.121. The van der Waals surface area contributed by atoms with Crippen LogP contribution in [-0.4, -0.2) is 37.9 Å². The van der Waals surface area contributed by atoms with Crippen molar-refractivity contribution in [2.75, 3.05) is 6.54 Å². The molecule has 1 aliphatic rings. The Labute approximate surface area is 209 Å². The molecule has 7 nitrogen and oxygen atoms in total. The second-order valence-electron chi connectivity index (χ2n) is 8.93. The van der Waals surface area contributed by atoms with Gasteiger partial charge in [0.05, 0.1) is 5.71 Å². The third-order valence-corrected chi connectivity index (χ3v) is 7.61. The molecule has 0 radical (unpaired) electrons. The van der Waals surface area contributed by atoms with Crippen LogP contribution >= 0.6 is 11.3 Å². The maximum atomic E-state index is 12.7. The molecule has 4 aromatic rings. The average molecular weight is 485 g/mol. The molecular weight excluding hydrogens is 456 g/mol. The molecule has 35 heavy (non-hydrogen) atoms. The molecule has 1 aliphatic heterocycles. The number of hydrogen-bond donors (Lipinski definition) is 1. The number of hydrogen-bond acceptors (Lipinski definition) is 6. The fourth-order valence-corrected chi connectivity index (χ4v) is 5.55. The molecule has 0 saturated heterocycles. The van der Waals surface area contributed by atoms with Crippen LogP contribution in [0.2, 0.25) is 0 Å². The highest BCUT2D eigenvalue weighted by Gasteiger charge is 2.31. The van der Waals surface area contributed by atoms with Crippen molar-refractivity contribution < 1.29 is 4.79 Å². The van der Waals surface area contributed by atoms with E-state index in [1.165, 1.54) is 16.0 Å². The Kier molecular flexibility index (Phi) is 6.30. The smallest absolute Gasteiger partial charge is 0.220 e. The zero-order valence-corrected chi connectivity index (χ0v) is 21.2. The second kappa shape index (κ2) is 9.54. The van der Waals surface area contributed by atoms with Gasteiger partial charge in [-0.25, -0.2) is 0 Å². The second-order valence-corrected chi connectivity index (χ2v) is 10.1. The number of pyridine rings is 1. The van der Waals surface area contributed by atoms with Crippen molar-refractivity contribution in [1.29, 1.82) is 0 Å². The van der Waals surface area contributed by atoms with Crippen LogP contribution in [0.1, 0.15) is 56.8 Å². The van der Waals surface area contributed by atoms with Crippen molar-refractivity contribution in [2.24, 2.45) is 4.99 Å². The minimum absolute atomic E-state index is 0.0187. The Balaban J connectivity index is 1.49. The summed E-state index contributed by atoms with van der Waals surface area (Å²) in [5.41, 5.74) is 6.56. The SMILES string of the molecule is Cc1ccc(C2=NC(CNC(=O)CCc3cccnc3)c3nnc(C)n3-c3sc(C)c(C)c32)cc1. The number of carbonyl (C=O) groups is 1. The van der Waals surface area contributed by atoms with E-state index < -0.39 is 0 Å². The number of nitrogens with zero attached hydrogens (tertiary/aromatic N) is 5. The predicted molar refractivity (Wildman–Crippen MR) is 139 cm³/mol. The number of benzene rings is 1. The molecule has 0 spiro atoms. The fourth-order valence-electron chi connectivity index (χ4n) is 4.34. The van der Waals surface area contributed by atoms with Crippen molar-refractivity contribution in [3.8, 4) is 5.00 Å². The Hall–Kier alpha value is -3.65. The lowest BCUT2D eigenvalue weighted by Gasteiger charge is -2.14. The van der Waals surface area contributed by atoms with E-state index in [4.69, 9.17) is 4.99 Å². The van der Waals surface area contributed by atoms with Crippen molar-refractivity contribution in [2.45, 2.75) is 46.6 Å². The van der Waals surface area contributed by atoms with Crippen LogP contribution in [0.3, 0.4) is 0 Å². The van der Waals surface area contributed by atoms with E-state index in [0.717, 1.165) is 39.1 Å². The molecule has 0 bridgehead atoms. The summed E-state index contributed by atoms with van der Waals surface area (Å²) in [6, 6.07) is 12.0. The largest absolute Gasteiger partial charge is 0.353 e. The van der Waals surface area contributed by atoms with Crippen molar-refractivity contribution in [3.63, 3.8) is 0 Å². The molecule has 1 amide bonds. The molecule has 1 N–H and O–H groups in total. The average Bonchev–Trinajstić information content (AvgIpc) is 3.33. The minimum atomic E-state index is -0.353. The van der Waals surface area contributed by atoms with Crippen LogP contribution in [0.5, 0.6) is 0 Å². The Morgan fingerprint density at radius 2 is 1.89 bits per heavy atom. The van der Waals surface area contributed by atoms with E-state index in [2.05, 4.69) is 70.1 Å². The molecule has 1 aromatic carbocycles. The highest BCUT2D eigenvalue weighted by atomic mass is 32.1. The lowest BCUT2D eigenvalue weighted by atomic mass is 9.99.